The number of hydrogen-bond donors (Lipinski definition) is 1. The van der Waals surface area contributed by atoms with Crippen molar-refractivity contribution in [3.05, 3.63) is 35.9 Å². The zero-order valence-electron chi connectivity index (χ0n) is 12.9. The van der Waals surface area contributed by atoms with Gasteiger partial charge < -0.3 is 10.1 Å². The van der Waals surface area contributed by atoms with E-state index in [1.54, 1.807) is 0 Å². The Bertz CT molecular complexity index is 646. The highest BCUT2D eigenvalue weighted by molar-refractivity contribution is 5.92. The molecule has 0 unspecified atom stereocenters. The molecule has 1 amide bonds. The number of carbonyl (C=O) groups excluding carboxylic acids is 2. The highest BCUT2D eigenvalue weighted by atomic mass is 19.1. The highest BCUT2D eigenvalue weighted by Gasteiger charge is 2.51. The van der Waals surface area contributed by atoms with Gasteiger partial charge >= 0.3 is 5.97 Å². The van der Waals surface area contributed by atoms with Gasteiger partial charge in [-0.2, -0.15) is 0 Å². The second-order valence-electron chi connectivity index (χ2n) is 6.19. The molecule has 1 aromatic rings. The van der Waals surface area contributed by atoms with Crippen molar-refractivity contribution in [1.82, 2.24) is 10.3 Å². The fourth-order valence-corrected chi connectivity index (χ4v) is 3.88. The van der Waals surface area contributed by atoms with Crippen LogP contribution >= 0.6 is 0 Å². The lowest BCUT2D eigenvalue weighted by Gasteiger charge is -2.29. The maximum atomic E-state index is 13.1. The molecule has 0 aromatic carbocycles. The van der Waals surface area contributed by atoms with Crippen molar-refractivity contribution in [2.45, 2.75) is 25.3 Å². The number of esters is 1. The molecule has 0 saturated heterocycles. The lowest BCUT2D eigenvalue weighted by Crippen LogP contribution is -2.46. The van der Waals surface area contributed by atoms with E-state index in [0.29, 0.717) is 17.4 Å². The van der Waals surface area contributed by atoms with Crippen LogP contribution in [0, 0.1) is 23.6 Å². The van der Waals surface area contributed by atoms with E-state index in [-0.39, 0.29) is 23.8 Å². The van der Waals surface area contributed by atoms with Crippen molar-refractivity contribution in [3.63, 3.8) is 0 Å². The van der Waals surface area contributed by atoms with Crippen LogP contribution in [0.1, 0.15) is 24.8 Å². The second-order valence-corrected chi connectivity index (χ2v) is 6.19. The number of halogens is 1. The number of methoxy groups -OCH3 is 1. The average Bonchev–Trinajstić information content (AvgIpc) is 3.13. The van der Waals surface area contributed by atoms with Gasteiger partial charge in [-0.25, -0.2) is 4.39 Å². The Kier molecular flexibility index (Phi) is 4.41. The molecule has 122 valence electrons. The molecule has 5 nitrogen and oxygen atoms in total. The summed E-state index contributed by atoms with van der Waals surface area (Å²) in [7, 11) is 1.38. The number of ether oxygens (including phenoxy) is 1. The van der Waals surface area contributed by atoms with Gasteiger partial charge in [0.25, 0.3) is 0 Å². The van der Waals surface area contributed by atoms with Gasteiger partial charge in [0.15, 0.2) is 0 Å². The lowest BCUT2D eigenvalue weighted by atomic mass is 9.84. The van der Waals surface area contributed by atoms with E-state index in [0.717, 1.165) is 25.5 Å². The molecule has 1 heterocycles. The van der Waals surface area contributed by atoms with E-state index in [4.69, 9.17) is 4.74 Å². The lowest BCUT2D eigenvalue weighted by molar-refractivity contribution is -0.148. The van der Waals surface area contributed by atoms with Crippen LogP contribution in [0.25, 0.3) is 6.08 Å². The summed E-state index contributed by atoms with van der Waals surface area (Å²) in [5.41, 5.74) is 0.512. The molecule has 0 aliphatic heterocycles. The summed E-state index contributed by atoms with van der Waals surface area (Å²) >= 11 is 0. The van der Waals surface area contributed by atoms with Crippen LogP contribution in [0.4, 0.5) is 4.39 Å². The van der Waals surface area contributed by atoms with Crippen molar-refractivity contribution < 1.29 is 18.7 Å². The Morgan fingerprint density at radius 3 is 2.87 bits per heavy atom. The molecular formula is C17H19FN2O3. The number of rotatable bonds is 4. The molecule has 0 radical (unpaired) electrons. The van der Waals surface area contributed by atoms with E-state index in [2.05, 4.69) is 10.3 Å². The van der Waals surface area contributed by atoms with Crippen molar-refractivity contribution in [2.24, 2.45) is 17.8 Å². The number of aromatic nitrogens is 1. The first-order valence-electron chi connectivity index (χ1n) is 7.75. The topological polar surface area (TPSA) is 68.3 Å². The SMILES string of the molecule is COC(=O)[C@H]1[C@H]2CC[C@@H](C2)[C@H]1NC(=O)/C=C/c1cncc(F)c1. The Morgan fingerprint density at radius 1 is 1.35 bits per heavy atom. The Hall–Kier alpha value is -2.24. The van der Waals surface area contributed by atoms with Crippen LogP contribution in [0.15, 0.2) is 24.5 Å². The van der Waals surface area contributed by atoms with Gasteiger partial charge in [0.2, 0.25) is 5.91 Å². The number of nitrogens with zero attached hydrogens (tertiary/aromatic N) is 1. The summed E-state index contributed by atoms with van der Waals surface area (Å²) < 4.78 is 17.9. The standard InChI is InChI=1S/C17H19FN2O3/c1-23-17(22)15-11-3-4-12(7-11)16(15)20-14(21)5-2-10-6-13(18)9-19-8-10/h2,5-6,8-9,11-12,15-16H,3-4,7H2,1H3,(H,20,21)/b5-2+/t11-,12-,15-,16+/m0/s1. The Balaban J connectivity index is 1.66. The summed E-state index contributed by atoms with van der Waals surface area (Å²) in [5, 5.41) is 2.92. The fourth-order valence-electron chi connectivity index (χ4n) is 3.88. The largest absolute Gasteiger partial charge is 0.469 e. The zero-order valence-corrected chi connectivity index (χ0v) is 12.9. The third kappa shape index (κ3) is 3.25. The predicted octanol–water partition coefficient (Wildman–Crippen LogP) is 1.94. The first-order chi connectivity index (χ1) is 11.1. The molecule has 6 heteroatoms. The van der Waals surface area contributed by atoms with Crippen molar-refractivity contribution in [1.29, 1.82) is 0 Å². The summed E-state index contributed by atoms with van der Waals surface area (Å²) in [4.78, 5) is 27.8. The quantitative estimate of drug-likeness (QED) is 0.680. The van der Waals surface area contributed by atoms with E-state index in [9.17, 15) is 14.0 Å². The van der Waals surface area contributed by atoms with E-state index in [1.807, 2.05) is 0 Å². The highest BCUT2D eigenvalue weighted by Crippen LogP contribution is 2.48. The third-order valence-electron chi connectivity index (χ3n) is 4.85. The third-order valence-corrected chi connectivity index (χ3v) is 4.85. The van der Waals surface area contributed by atoms with Crippen LogP contribution in [0.5, 0.6) is 0 Å². The van der Waals surface area contributed by atoms with Gasteiger partial charge in [0.1, 0.15) is 5.82 Å². The first kappa shape index (κ1) is 15.6. The van der Waals surface area contributed by atoms with Crippen LogP contribution < -0.4 is 5.32 Å². The molecule has 3 rings (SSSR count). The number of nitrogens with one attached hydrogen (secondary N) is 1. The first-order valence-corrected chi connectivity index (χ1v) is 7.75. The molecule has 0 spiro atoms. The molecule has 2 saturated carbocycles. The van der Waals surface area contributed by atoms with Gasteiger partial charge in [-0.1, -0.05) is 0 Å². The van der Waals surface area contributed by atoms with E-state index >= 15 is 0 Å². The second kappa shape index (κ2) is 6.48. The minimum atomic E-state index is -0.452. The minimum Gasteiger partial charge on any atom is -0.469 e. The minimum absolute atomic E-state index is 0.177. The molecule has 1 aromatic heterocycles. The molecule has 2 fully saturated rings. The summed E-state index contributed by atoms with van der Waals surface area (Å²) in [6, 6.07) is 1.12. The van der Waals surface area contributed by atoms with Crippen LogP contribution in [-0.2, 0) is 14.3 Å². The normalized spacial score (nSPS) is 29.0. The van der Waals surface area contributed by atoms with Crippen molar-refractivity contribution in [3.8, 4) is 0 Å². The number of carbonyl (C=O) groups is 2. The molecule has 1 N–H and O–H groups in total. The average molecular weight is 318 g/mol. The summed E-state index contributed by atoms with van der Waals surface area (Å²) in [6.45, 7) is 0. The smallest absolute Gasteiger partial charge is 0.311 e. The molecule has 23 heavy (non-hydrogen) atoms. The van der Waals surface area contributed by atoms with Crippen molar-refractivity contribution in [2.75, 3.05) is 7.11 Å². The molecule has 4 atom stereocenters. The predicted molar refractivity (Wildman–Crippen MR) is 81.5 cm³/mol. The Morgan fingerprint density at radius 2 is 2.13 bits per heavy atom. The van der Waals surface area contributed by atoms with Crippen LogP contribution in [-0.4, -0.2) is 30.0 Å². The molecule has 2 bridgehead atoms. The Labute approximate surface area is 133 Å². The van der Waals surface area contributed by atoms with Crippen LogP contribution in [0.2, 0.25) is 0 Å². The molecule has 2 aliphatic carbocycles. The number of pyridine rings is 1. The maximum Gasteiger partial charge on any atom is 0.311 e. The van der Waals surface area contributed by atoms with Gasteiger partial charge in [0, 0.05) is 18.3 Å². The summed E-state index contributed by atoms with van der Waals surface area (Å²) in [5.74, 6) is -0.619. The monoisotopic (exact) mass is 318 g/mol. The van der Waals surface area contributed by atoms with E-state index < -0.39 is 5.82 Å². The van der Waals surface area contributed by atoms with Gasteiger partial charge in [0.05, 0.1) is 19.2 Å². The molecule has 2 aliphatic rings. The zero-order chi connectivity index (χ0) is 16.4. The molecular weight excluding hydrogens is 299 g/mol. The summed E-state index contributed by atoms with van der Waals surface area (Å²) in [6.07, 6.45) is 8.43. The van der Waals surface area contributed by atoms with Gasteiger partial charge in [-0.3, -0.25) is 14.6 Å². The van der Waals surface area contributed by atoms with Crippen molar-refractivity contribution >= 4 is 18.0 Å². The van der Waals surface area contributed by atoms with Gasteiger partial charge in [-0.15, -0.1) is 0 Å². The number of fused-ring (bicyclic) bond motifs is 2. The van der Waals surface area contributed by atoms with Gasteiger partial charge in [-0.05, 0) is 48.8 Å². The van der Waals surface area contributed by atoms with Crippen LogP contribution in [0.3, 0.4) is 0 Å². The number of amides is 1. The van der Waals surface area contributed by atoms with E-state index in [1.165, 1.54) is 31.5 Å². The fraction of sp³-hybridized carbons (Fsp3) is 0.471. The maximum absolute atomic E-state index is 13.1. The number of hydrogen-bond acceptors (Lipinski definition) is 4.